The van der Waals surface area contributed by atoms with Crippen LogP contribution < -0.4 is 5.32 Å². The average molecular weight is 962 g/mol. The van der Waals surface area contributed by atoms with Crippen molar-refractivity contribution >= 4 is 11.9 Å². The Kier molecular flexibility index (Phi) is 40.9. The highest BCUT2D eigenvalue weighted by atomic mass is 16.7. The van der Waals surface area contributed by atoms with Crippen LogP contribution >= 0.6 is 0 Å². The minimum absolute atomic E-state index is 0.0132. The summed E-state index contributed by atoms with van der Waals surface area (Å²) in [7, 11) is 0. The molecule has 0 aromatic rings. The van der Waals surface area contributed by atoms with Gasteiger partial charge in [0.25, 0.3) is 0 Å². The Morgan fingerprint density at radius 1 is 0.580 bits per heavy atom. The van der Waals surface area contributed by atoms with Gasteiger partial charge in [-0.15, -0.1) is 0 Å². The summed E-state index contributed by atoms with van der Waals surface area (Å²) in [6.45, 7) is 5.38. The molecule has 1 rings (SSSR count). The third kappa shape index (κ3) is 33.9. The number of allylic oxidation sites excluding steroid dienone is 21. The molecule has 1 heterocycles. The van der Waals surface area contributed by atoms with Crippen LogP contribution in [-0.2, 0) is 23.8 Å². The van der Waals surface area contributed by atoms with Gasteiger partial charge < -0.3 is 45.1 Å². The van der Waals surface area contributed by atoms with Gasteiger partial charge in [0.2, 0.25) is 5.91 Å². The average Bonchev–Trinajstić information content (AvgIpc) is 3.34. The fourth-order valence-electron chi connectivity index (χ4n) is 7.17. The van der Waals surface area contributed by atoms with Gasteiger partial charge in [-0.05, 0) is 57.8 Å². The minimum Gasteiger partial charge on any atom is -0.454 e. The Bertz CT molecular complexity index is 1620. The third-order valence-corrected chi connectivity index (χ3v) is 11.3. The Morgan fingerprint density at radius 3 is 1.57 bits per heavy atom. The molecule has 8 atom stereocenters. The number of hydrogen-bond donors (Lipinski definition) is 6. The first-order valence-electron chi connectivity index (χ1n) is 26.1. The fraction of sp³-hybridized carbons (Fsp3) is 0.586. The topological polar surface area (TPSA) is 175 Å². The van der Waals surface area contributed by atoms with Gasteiger partial charge in [0.05, 0.1) is 25.4 Å². The molecule has 11 nitrogen and oxygen atoms in total. The standard InChI is InChI=1S/C58H91NO10/c1-4-7-10-13-16-19-22-25-28-30-33-36-39-42-45-51(62)57(66)59-49(50(61)44-41-38-35-32-29-26-23-20-17-14-11-8-5-2)48-67-58-56(55(65)54(64)52(47-60)68-58)69-53(63)46-43-40-37-34-31-27-24-21-18-15-12-9-6-3/h7,9-10,12-13,15-16,18-19,21-22,24-25,27-28,30-31,33-34,37,41,44,49-52,54-56,58,60-62,64-65H,4-6,8,11,14,17,20,23,26,29,32,35-36,38-40,42-43,45-48H2,1-3H3,(H,59,66)/b10-7+,12-9+,16-13+,18-15+,22-19-,24-21-,28-25-,31-27-,33-30+,37-34+,44-41+. The Labute approximate surface area is 416 Å². The highest BCUT2D eigenvalue weighted by Crippen LogP contribution is 2.26. The van der Waals surface area contributed by atoms with Gasteiger partial charge in [-0.25, -0.2) is 0 Å². The van der Waals surface area contributed by atoms with E-state index in [4.69, 9.17) is 14.2 Å². The predicted molar refractivity (Wildman–Crippen MR) is 282 cm³/mol. The zero-order valence-electron chi connectivity index (χ0n) is 42.4. The van der Waals surface area contributed by atoms with E-state index in [0.717, 1.165) is 51.4 Å². The Hall–Kier alpha value is -4.20. The van der Waals surface area contributed by atoms with Gasteiger partial charge in [0, 0.05) is 6.42 Å². The normalized spacial score (nSPS) is 21.0. The lowest BCUT2D eigenvalue weighted by Gasteiger charge is -2.41. The summed E-state index contributed by atoms with van der Waals surface area (Å²) in [5.41, 5.74) is 0. The van der Waals surface area contributed by atoms with Gasteiger partial charge in [-0.3, -0.25) is 9.59 Å². The van der Waals surface area contributed by atoms with Crippen molar-refractivity contribution in [1.82, 2.24) is 5.32 Å². The van der Waals surface area contributed by atoms with Crippen molar-refractivity contribution in [3.63, 3.8) is 0 Å². The molecule has 0 saturated carbocycles. The maximum absolute atomic E-state index is 13.3. The van der Waals surface area contributed by atoms with Crippen LogP contribution in [0.4, 0.5) is 0 Å². The van der Waals surface area contributed by atoms with E-state index in [2.05, 4.69) is 38.2 Å². The molecule has 6 N–H and O–H groups in total. The second-order valence-corrected chi connectivity index (χ2v) is 17.4. The third-order valence-electron chi connectivity index (χ3n) is 11.3. The van der Waals surface area contributed by atoms with Crippen molar-refractivity contribution in [3.8, 4) is 0 Å². The maximum atomic E-state index is 13.3. The molecule has 1 fully saturated rings. The van der Waals surface area contributed by atoms with Crippen LogP contribution in [0.3, 0.4) is 0 Å². The second-order valence-electron chi connectivity index (χ2n) is 17.4. The Balaban J connectivity index is 2.89. The van der Waals surface area contributed by atoms with Crippen LogP contribution in [0.5, 0.6) is 0 Å². The zero-order chi connectivity index (χ0) is 50.4. The highest BCUT2D eigenvalue weighted by molar-refractivity contribution is 5.80. The smallest absolute Gasteiger partial charge is 0.306 e. The lowest BCUT2D eigenvalue weighted by atomic mass is 9.99. The van der Waals surface area contributed by atoms with Crippen LogP contribution in [0.15, 0.2) is 134 Å². The molecule has 0 radical (unpaired) electrons. The lowest BCUT2D eigenvalue weighted by Crippen LogP contribution is -2.61. The molecule has 0 aromatic carbocycles. The van der Waals surface area contributed by atoms with Crippen molar-refractivity contribution in [2.24, 2.45) is 0 Å². The number of aliphatic hydroxyl groups is 5. The lowest BCUT2D eigenvalue weighted by molar-refractivity contribution is -0.305. The highest BCUT2D eigenvalue weighted by Gasteiger charge is 2.47. The molecule has 1 aliphatic rings. The molecule has 1 saturated heterocycles. The summed E-state index contributed by atoms with van der Waals surface area (Å²) in [5, 5.41) is 56.5. The fourth-order valence-corrected chi connectivity index (χ4v) is 7.17. The van der Waals surface area contributed by atoms with Crippen LogP contribution in [0.1, 0.15) is 156 Å². The molecule has 0 aliphatic carbocycles. The van der Waals surface area contributed by atoms with E-state index in [9.17, 15) is 35.1 Å². The van der Waals surface area contributed by atoms with E-state index >= 15 is 0 Å². The molecule has 1 aliphatic heterocycles. The SMILES string of the molecule is CC/C=C/C=C/C=C\C=C/C=C/CCCCC(O)C(=O)NC(COC1OC(CO)C(O)C(O)C1OC(=O)CCC/C=C/C=C\C=C/C=C/C=C/CC)C(O)/C=C/CCCCCCCCCCCCC. The number of carbonyl (C=O) groups is 2. The first-order valence-corrected chi connectivity index (χ1v) is 26.1. The van der Waals surface area contributed by atoms with Crippen LogP contribution in [0.25, 0.3) is 0 Å². The summed E-state index contributed by atoms with van der Waals surface area (Å²) in [5.74, 6) is -1.33. The number of nitrogens with one attached hydrogen (secondary N) is 1. The quantitative estimate of drug-likeness (QED) is 0.0150. The molecule has 69 heavy (non-hydrogen) atoms. The van der Waals surface area contributed by atoms with E-state index in [1.807, 2.05) is 115 Å². The van der Waals surface area contributed by atoms with Gasteiger partial charge in [-0.1, -0.05) is 225 Å². The van der Waals surface area contributed by atoms with Gasteiger partial charge in [0.1, 0.15) is 24.4 Å². The number of ether oxygens (including phenoxy) is 3. The van der Waals surface area contributed by atoms with Crippen molar-refractivity contribution in [1.29, 1.82) is 0 Å². The molecule has 388 valence electrons. The second kappa shape index (κ2) is 45.0. The molecule has 0 bridgehead atoms. The van der Waals surface area contributed by atoms with Crippen LogP contribution in [0.2, 0.25) is 0 Å². The predicted octanol–water partition coefficient (Wildman–Crippen LogP) is 10.9. The zero-order valence-corrected chi connectivity index (χ0v) is 42.4. The van der Waals surface area contributed by atoms with Crippen molar-refractivity contribution in [3.05, 3.63) is 134 Å². The molecule has 11 heteroatoms. The van der Waals surface area contributed by atoms with E-state index in [-0.39, 0.29) is 19.4 Å². The van der Waals surface area contributed by atoms with Gasteiger partial charge in [-0.2, -0.15) is 0 Å². The Morgan fingerprint density at radius 2 is 1.04 bits per heavy atom. The van der Waals surface area contributed by atoms with Crippen molar-refractivity contribution in [2.75, 3.05) is 13.2 Å². The first kappa shape index (κ1) is 62.8. The summed E-state index contributed by atoms with van der Waals surface area (Å²) >= 11 is 0. The number of hydrogen-bond acceptors (Lipinski definition) is 10. The minimum atomic E-state index is -1.66. The number of unbranched alkanes of at least 4 members (excludes halogenated alkanes) is 14. The summed E-state index contributed by atoms with van der Waals surface area (Å²) in [6.07, 6.45) is 52.3. The number of rotatable bonds is 40. The molecule has 8 unspecified atom stereocenters. The number of esters is 1. The maximum Gasteiger partial charge on any atom is 0.306 e. The largest absolute Gasteiger partial charge is 0.454 e. The van der Waals surface area contributed by atoms with Crippen molar-refractivity contribution < 1.29 is 49.3 Å². The summed E-state index contributed by atoms with van der Waals surface area (Å²) in [6, 6.07) is -1.07. The number of amides is 1. The van der Waals surface area contributed by atoms with E-state index < -0.39 is 67.4 Å². The summed E-state index contributed by atoms with van der Waals surface area (Å²) in [4.78, 5) is 26.3. The number of carbonyl (C=O) groups excluding carboxylic acids is 2. The molecule has 1 amide bonds. The summed E-state index contributed by atoms with van der Waals surface area (Å²) < 4.78 is 17.4. The van der Waals surface area contributed by atoms with E-state index in [0.29, 0.717) is 19.3 Å². The molecule has 0 spiro atoms. The van der Waals surface area contributed by atoms with Gasteiger partial charge >= 0.3 is 5.97 Å². The van der Waals surface area contributed by atoms with Crippen LogP contribution in [-0.4, -0.2) is 99.6 Å². The van der Waals surface area contributed by atoms with E-state index in [1.54, 1.807) is 6.08 Å². The van der Waals surface area contributed by atoms with E-state index in [1.165, 1.54) is 51.4 Å². The molecular formula is C58H91NO10. The van der Waals surface area contributed by atoms with Gasteiger partial charge in [0.15, 0.2) is 12.4 Å². The monoisotopic (exact) mass is 962 g/mol. The molecule has 0 aromatic heterocycles. The van der Waals surface area contributed by atoms with Crippen LogP contribution in [0, 0.1) is 0 Å². The number of aliphatic hydroxyl groups excluding tert-OH is 5. The van der Waals surface area contributed by atoms with Crippen molar-refractivity contribution in [2.45, 2.75) is 205 Å². The first-order chi connectivity index (χ1) is 33.7. The molecular weight excluding hydrogens is 871 g/mol.